The zero-order chi connectivity index (χ0) is 23.5. The summed E-state index contributed by atoms with van der Waals surface area (Å²) in [6, 6.07) is 7.26. The topological polar surface area (TPSA) is 103 Å². The van der Waals surface area contributed by atoms with Crippen molar-refractivity contribution in [3.05, 3.63) is 56.4 Å². The van der Waals surface area contributed by atoms with Gasteiger partial charge in [-0.3, -0.25) is 19.2 Å². The number of hydrogen-bond donors (Lipinski definition) is 1. The summed E-state index contributed by atoms with van der Waals surface area (Å²) in [4.78, 5) is 42.8. The first kappa shape index (κ1) is 24.3. The lowest BCUT2D eigenvalue weighted by Crippen LogP contribution is -2.35. The molecule has 0 radical (unpaired) electrons. The van der Waals surface area contributed by atoms with Crippen LogP contribution in [-0.4, -0.2) is 54.0 Å². The molecular weight excluding hydrogens is 496 g/mol. The molecule has 9 nitrogen and oxygen atoms in total. The summed E-state index contributed by atoms with van der Waals surface area (Å²) in [6.45, 7) is 9.29. The maximum Gasteiger partial charge on any atom is 0.285 e. The lowest BCUT2D eigenvalue weighted by Gasteiger charge is -2.20. The van der Waals surface area contributed by atoms with Gasteiger partial charge in [0, 0.05) is 20.7 Å². The Kier molecular flexibility index (Phi) is 7.65. The Hall–Kier alpha value is -2.34. The average molecular weight is 523 g/mol. The monoisotopic (exact) mass is 522 g/mol. The van der Waals surface area contributed by atoms with E-state index in [2.05, 4.69) is 46.0 Å². The molecule has 172 valence electrons. The van der Waals surface area contributed by atoms with Crippen LogP contribution in [-0.2, 0) is 16.3 Å². The molecule has 1 aliphatic heterocycles. The highest BCUT2D eigenvalue weighted by atomic mass is 79.9. The highest BCUT2D eigenvalue weighted by molar-refractivity contribution is 9.10. The summed E-state index contributed by atoms with van der Waals surface area (Å²) in [5, 5.41) is 8.03. The van der Waals surface area contributed by atoms with Crippen LogP contribution in [0.15, 0.2) is 39.7 Å². The maximum atomic E-state index is 12.6. The van der Waals surface area contributed by atoms with Crippen molar-refractivity contribution in [1.82, 2.24) is 14.8 Å². The van der Waals surface area contributed by atoms with E-state index in [0.717, 1.165) is 11.1 Å². The number of halogens is 1. The molecule has 3 rings (SSSR count). The van der Waals surface area contributed by atoms with Crippen molar-refractivity contribution < 1.29 is 19.2 Å². The minimum Gasteiger partial charge on any atom is -0.378 e. The van der Waals surface area contributed by atoms with E-state index in [0.29, 0.717) is 27.9 Å². The Balaban J connectivity index is 1.55. The summed E-state index contributed by atoms with van der Waals surface area (Å²) in [5.74, 6) is -0.977. The van der Waals surface area contributed by atoms with Crippen molar-refractivity contribution in [1.29, 1.82) is 0 Å². The van der Waals surface area contributed by atoms with E-state index >= 15 is 0 Å². The van der Waals surface area contributed by atoms with Gasteiger partial charge in [0.2, 0.25) is 0 Å². The zero-order valence-corrected chi connectivity index (χ0v) is 21.1. The smallest absolute Gasteiger partial charge is 0.285 e. The SMILES string of the molecule is C[C@@H](CON1C(=O)c2ccccc2C1=O)Nc1cnn(COCC[Si](C)(C)C)c(=O)c1Br. The van der Waals surface area contributed by atoms with E-state index in [-0.39, 0.29) is 24.9 Å². The number of aromatic nitrogens is 2. The van der Waals surface area contributed by atoms with E-state index in [4.69, 9.17) is 9.57 Å². The van der Waals surface area contributed by atoms with Gasteiger partial charge in [0.1, 0.15) is 11.2 Å². The molecule has 1 atom stereocenters. The molecule has 1 aliphatic rings. The van der Waals surface area contributed by atoms with Crippen molar-refractivity contribution in [2.24, 2.45) is 0 Å². The second-order valence-corrected chi connectivity index (χ2v) is 15.2. The fourth-order valence-electron chi connectivity index (χ4n) is 2.96. The molecule has 1 N–H and O–H groups in total. The quantitative estimate of drug-likeness (QED) is 0.290. The zero-order valence-electron chi connectivity index (χ0n) is 18.6. The van der Waals surface area contributed by atoms with Crippen LogP contribution in [0.1, 0.15) is 27.6 Å². The van der Waals surface area contributed by atoms with E-state index in [1.54, 1.807) is 31.2 Å². The number of amides is 2. The van der Waals surface area contributed by atoms with Crippen LogP contribution >= 0.6 is 15.9 Å². The van der Waals surface area contributed by atoms with Crippen molar-refractivity contribution in [3.63, 3.8) is 0 Å². The minimum absolute atomic E-state index is 0.0286. The predicted molar refractivity (Wildman–Crippen MR) is 126 cm³/mol. The predicted octanol–water partition coefficient (Wildman–Crippen LogP) is 3.35. The number of hydrogen-bond acceptors (Lipinski definition) is 7. The van der Waals surface area contributed by atoms with Gasteiger partial charge in [-0.2, -0.15) is 5.10 Å². The van der Waals surface area contributed by atoms with Crippen LogP contribution in [0.3, 0.4) is 0 Å². The summed E-state index contributed by atoms with van der Waals surface area (Å²) in [7, 11) is -1.20. The van der Waals surface area contributed by atoms with Crippen LogP contribution in [0.5, 0.6) is 0 Å². The molecule has 0 spiro atoms. The van der Waals surface area contributed by atoms with Gasteiger partial charge in [0.15, 0.2) is 0 Å². The molecule has 0 unspecified atom stereocenters. The lowest BCUT2D eigenvalue weighted by molar-refractivity contribution is -0.0929. The average Bonchev–Trinajstić information content (AvgIpc) is 2.98. The minimum atomic E-state index is -1.20. The number of imide groups is 1. The second-order valence-electron chi connectivity index (χ2n) is 8.82. The van der Waals surface area contributed by atoms with Crippen molar-refractivity contribution >= 4 is 41.5 Å². The first-order chi connectivity index (χ1) is 15.1. The molecular formula is C21H27BrN4O5Si. The van der Waals surface area contributed by atoms with Gasteiger partial charge in [0.25, 0.3) is 17.4 Å². The summed E-state index contributed by atoms with van der Waals surface area (Å²) in [6.07, 6.45) is 1.52. The number of carbonyl (C=O) groups excluding carboxylic acids is 2. The number of ether oxygens (including phenoxy) is 1. The van der Waals surface area contributed by atoms with Gasteiger partial charge in [-0.1, -0.05) is 31.8 Å². The third-order valence-corrected chi connectivity index (χ3v) is 7.28. The molecule has 1 aromatic carbocycles. The number of anilines is 1. The molecule has 2 amide bonds. The van der Waals surface area contributed by atoms with E-state index in [9.17, 15) is 14.4 Å². The first-order valence-electron chi connectivity index (χ1n) is 10.3. The Bertz CT molecular complexity index is 1030. The third kappa shape index (κ3) is 5.71. The second kappa shape index (κ2) is 10.1. The Morgan fingerprint density at radius 2 is 1.75 bits per heavy atom. The number of hydroxylamine groups is 2. The molecule has 0 fully saturated rings. The third-order valence-electron chi connectivity index (χ3n) is 4.81. The standard InChI is InChI=1S/C21H27BrN4O5Si/c1-14(12-31-26-19(27)15-7-5-6-8-16(15)20(26)28)24-17-11-23-25(21(29)18(17)22)13-30-9-10-32(2,3)4/h5-8,11,14,24H,9-10,12-13H2,1-4H3/t14-/m0/s1. The summed E-state index contributed by atoms with van der Waals surface area (Å²) >= 11 is 3.31. The first-order valence-corrected chi connectivity index (χ1v) is 14.8. The number of nitrogens with one attached hydrogen (secondary N) is 1. The largest absolute Gasteiger partial charge is 0.378 e. The van der Waals surface area contributed by atoms with Gasteiger partial charge >= 0.3 is 0 Å². The van der Waals surface area contributed by atoms with Gasteiger partial charge in [0.05, 0.1) is 29.6 Å². The van der Waals surface area contributed by atoms with Crippen molar-refractivity contribution in [2.75, 3.05) is 18.5 Å². The summed E-state index contributed by atoms with van der Waals surface area (Å²) < 4.78 is 7.16. The fraction of sp³-hybridized carbons (Fsp3) is 0.429. The fourth-order valence-corrected chi connectivity index (χ4v) is 4.14. The Labute approximate surface area is 195 Å². The van der Waals surface area contributed by atoms with Crippen LogP contribution in [0.2, 0.25) is 25.7 Å². The van der Waals surface area contributed by atoms with Gasteiger partial charge in [-0.25, -0.2) is 4.68 Å². The van der Waals surface area contributed by atoms with Crippen LogP contribution in [0, 0.1) is 0 Å². The number of fused-ring (bicyclic) bond motifs is 1. The molecule has 11 heteroatoms. The van der Waals surface area contributed by atoms with Crippen LogP contribution in [0.25, 0.3) is 0 Å². The van der Waals surface area contributed by atoms with Gasteiger partial charge < -0.3 is 10.1 Å². The Morgan fingerprint density at radius 3 is 2.34 bits per heavy atom. The van der Waals surface area contributed by atoms with Crippen LogP contribution < -0.4 is 10.9 Å². The highest BCUT2D eigenvalue weighted by Gasteiger charge is 2.36. The van der Waals surface area contributed by atoms with Gasteiger partial charge in [-0.15, -0.1) is 5.06 Å². The molecule has 2 heterocycles. The lowest BCUT2D eigenvalue weighted by atomic mass is 10.1. The van der Waals surface area contributed by atoms with Crippen LogP contribution in [0.4, 0.5) is 5.69 Å². The molecule has 0 bridgehead atoms. The number of nitrogens with zero attached hydrogens (tertiary/aromatic N) is 3. The molecule has 32 heavy (non-hydrogen) atoms. The summed E-state index contributed by atoms with van der Waals surface area (Å²) in [5.41, 5.74) is 0.796. The highest BCUT2D eigenvalue weighted by Crippen LogP contribution is 2.23. The van der Waals surface area contributed by atoms with Crippen molar-refractivity contribution in [2.45, 2.75) is 45.4 Å². The normalized spacial score (nSPS) is 14.6. The number of rotatable bonds is 10. The molecule has 0 saturated heterocycles. The number of carbonyl (C=O) groups is 2. The molecule has 1 aromatic heterocycles. The molecule has 0 aliphatic carbocycles. The van der Waals surface area contributed by atoms with E-state index < -0.39 is 19.9 Å². The van der Waals surface area contributed by atoms with Crippen molar-refractivity contribution in [3.8, 4) is 0 Å². The van der Waals surface area contributed by atoms with Gasteiger partial charge in [-0.05, 0) is 41.0 Å². The van der Waals surface area contributed by atoms with E-state index in [1.807, 2.05) is 0 Å². The van der Waals surface area contributed by atoms with E-state index in [1.165, 1.54) is 10.9 Å². The Morgan fingerprint density at radius 1 is 1.12 bits per heavy atom. The molecule has 2 aromatic rings. The molecule has 0 saturated carbocycles. The number of benzene rings is 1. The maximum absolute atomic E-state index is 12.6.